The van der Waals surface area contributed by atoms with E-state index in [1.807, 2.05) is 140 Å². The summed E-state index contributed by atoms with van der Waals surface area (Å²) < 4.78 is 60.8. The number of hydrogen-bond acceptors (Lipinski definition) is 5. The number of nitrogens with zero attached hydrogens (tertiary/aromatic N) is 4. The molecule has 0 fully saturated rings. The molecule has 3 aliphatic heterocycles. The molecule has 0 saturated carbocycles. The van der Waals surface area contributed by atoms with Crippen molar-refractivity contribution in [3.63, 3.8) is 0 Å². The highest BCUT2D eigenvalue weighted by molar-refractivity contribution is 7.88. The fourth-order valence-electron chi connectivity index (χ4n) is 25.6. The van der Waals surface area contributed by atoms with Gasteiger partial charge in [0, 0.05) is 126 Å². The molecule has 8 nitrogen and oxygen atoms in total. The molecular formula is C138H95N4O4P3. The van der Waals surface area contributed by atoms with E-state index >= 15 is 13.7 Å². The van der Waals surface area contributed by atoms with Crippen molar-refractivity contribution in [2.45, 2.75) is 38.5 Å². The minimum absolute atomic E-state index is 0.00997. The normalized spacial score (nSPS) is 16.2. The molecule has 149 heavy (non-hydrogen) atoms. The van der Waals surface area contributed by atoms with Crippen LogP contribution in [0.25, 0.3) is 182 Å². The Bertz CT molecular complexity index is 10300. The molecule has 0 bridgehead atoms. The maximum absolute atomic E-state index is 15.9. The van der Waals surface area contributed by atoms with Gasteiger partial charge in [0.15, 0.2) is 21.4 Å². The van der Waals surface area contributed by atoms with Gasteiger partial charge in [0.25, 0.3) is 0 Å². The van der Waals surface area contributed by atoms with E-state index in [1.165, 1.54) is 66.8 Å². The SMILES string of the molecule is CC1(C)c2ccccc2-c2cc(-c3ccc(-n4c5ccccc5c5ccc6c(c54)P(=O)(c4ccccc4)c4ccccc4-6)cc3)ccc21.CC1(C)c2ccccc2-c2ccc(-c3ccc(-n4c5ccccc5c5ccc6c(c54)P(=O)(c4ccccc4)c4ccccc4-6)cc3)cc21.O=P1(c2ccccc2)c2ccccc2-c2ccc3c4ccccc4n(-c4ccc(N(c5ccccc5)c5ccc6c(c5)oc5ccccc56)cc4)c3c21. The maximum atomic E-state index is 15.9. The third-order valence-electron chi connectivity index (χ3n) is 32.4. The first-order valence-corrected chi connectivity index (χ1v) is 56.3. The van der Waals surface area contributed by atoms with Crippen LogP contribution in [0.5, 0.6) is 0 Å². The predicted octanol–water partition coefficient (Wildman–Crippen LogP) is 32.5. The first kappa shape index (κ1) is 88.1. The summed E-state index contributed by atoms with van der Waals surface area (Å²) in [6.45, 7) is 9.31. The summed E-state index contributed by atoms with van der Waals surface area (Å²) in [5.74, 6) is 0. The lowest BCUT2D eigenvalue weighted by Crippen LogP contribution is -2.22. The highest BCUT2D eigenvalue weighted by atomic mass is 31.2. The van der Waals surface area contributed by atoms with E-state index in [2.05, 4.69) is 410 Å². The topological polar surface area (TPSA) is 82.4 Å². The van der Waals surface area contributed by atoms with Gasteiger partial charge in [-0.2, -0.15) is 0 Å². The number of anilines is 3. The monoisotopic (exact) mass is 1960 g/mol. The Balaban J connectivity index is 0.000000105. The van der Waals surface area contributed by atoms with Crippen LogP contribution >= 0.6 is 21.4 Å². The highest BCUT2D eigenvalue weighted by Crippen LogP contribution is 2.61. The van der Waals surface area contributed by atoms with Crippen LogP contribution in [-0.2, 0) is 24.5 Å². The molecule has 0 radical (unpaired) electrons. The van der Waals surface area contributed by atoms with Crippen molar-refractivity contribution < 1.29 is 18.1 Å². The summed E-state index contributed by atoms with van der Waals surface area (Å²) in [7, 11) is -9.57. The van der Waals surface area contributed by atoms with Gasteiger partial charge in [-0.1, -0.05) is 416 Å². The lowest BCUT2D eigenvalue weighted by molar-refractivity contribution is 0.592. The van der Waals surface area contributed by atoms with Crippen molar-refractivity contribution in [2.24, 2.45) is 0 Å². The lowest BCUT2D eigenvalue weighted by Gasteiger charge is -2.26. The smallest absolute Gasteiger partial charge is 0.174 e. The second-order valence-corrected chi connectivity index (χ2v) is 48.9. The Kier molecular flexibility index (Phi) is 19.8. The van der Waals surface area contributed by atoms with Gasteiger partial charge in [-0.25, -0.2) is 0 Å². The summed E-state index contributed by atoms with van der Waals surface area (Å²) in [5, 5.41) is 17.1. The molecule has 4 aromatic heterocycles. The lowest BCUT2D eigenvalue weighted by atomic mass is 9.81. The number of fused-ring (bicyclic) bond motifs is 30. The van der Waals surface area contributed by atoms with Crippen molar-refractivity contribution >= 4 is 174 Å². The van der Waals surface area contributed by atoms with E-state index in [4.69, 9.17) is 4.42 Å². The van der Waals surface area contributed by atoms with E-state index in [1.54, 1.807) is 0 Å². The number of para-hydroxylation sites is 5. The summed E-state index contributed by atoms with van der Waals surface area (Å²) in [4.78, 5) is 2.26. The van der Waals surface area contributed by atoms with Crippen molar-refractivity contribution in [1.82, 2.24) is 13.7 Å². The number of furan rings is 1. The molecule has 0 amide bonds. The minimum atomic E-state index is -3.23. The third kappa shape index (κ3) is 13.0. The van der Waals surface area contributed by atoms with Crippen molar-refractivity contribution in [3.05, 3.63) is 526 Å². The van der Waals surface area contributed by atoms with Crippen LogP contribution in [0.2, 0.25) is 0 Å². The molecule has 22 aromatic carbocycles. The van der Waals surface area contributed by atoms with E-state index in [0.717, 1.165) is 203 Å². The molecule has 5 aliphatic rings. The van der Waals surface area contributed by atoms with Crippen molar-refractivity contribution in [2.75, 3.05) is 4.90 Å². The van der Waals surface area contributed by atoms with E-state index in [0.29, 0.717) is 0 Å². The molecule has 3 atom stereocenters. The standard InChI is InChI=1S/C48H31N2O2P.2C45H32NOP/c51-53(36-15-5-2-6-16-36)46-22-12-9-19-40(46)42-30-29-41-37-17-7-10-20-43(37)50(47(41)48(42)53)34-25-23-33(24-26-34)49(32-13-3-1-4-14-32)35-27-28-39-38-18-8-11-21-44(38)52-45(39)31-35;1-45(2)39-17-9-6-14-33(39)38-28-30(22-27-40(38)45)29-20-23-31(24-21-29)46-41-18-10-7-15-34(41)36-25-26-37-35-16-8-11-19-42(35)48(47,44(37)43(36)46)32-12-4-3-5-13-32;1-45(2)39-17-9-6-14-33(39)34-25-22-30(28-40(34)45)29-20-23-31(24-21-29)46-41-18-10-7-15-35(41)37-26-27-38-36-16-8-11-19-42(36)48(47,44(38)43(37)46)32-12-4-3-5-13-32/h1-31H;2*3-28H,1-2H3. The van der Waals surface area contributed by atoms with Gasteiger partial charge in [0.05, 0.1) is 49.0 Å². The van der Waals surface area contributed by atoms with Crippen LogP contribution < -0.4 is 52.6 Å². The molecule has 3 unspecified atom stereocenters. The summed E-state index contributed by atoms with van der Waals surface area (Å²) in [6.07, 6.45) is 0. The quantitative estimate of drug-likeness (QED) is 0.121. The number of rotatable bonds is 11. The van der Waals surface area contributed by atoms with Gasteiger partial charge in [0.2, 0.25) is 0 Å². The summed E-state index contributed by atoms with van der Waals surface area (Å²) >= 11 is 0. The van der Waals surface area contributed by atoms with Crippen LogP contribution in [0.1, 0.15) is 49.9 Å². The van der Waals surface area contributed by atoms with Gasteiger partial charge in [0.1, 0.15) is 11.2 Å². The van der Waals surface area contributed by atoms with Gasteiger partial charge in [-0.3, -0.25) is 0 Å². The third-order valence-corrected chi connectivity index (χ3v) is 41.9. The van der Waals surface area contributed by atoms with Crippen molar-refractivity contribution in [1.29, 1.82) is 0 Å². The van der Waals surface area contributed by atoms with Crippen LogP contribution in [0.4, 0.5) is 17.1 Å². The number of benzene rings is 22. The molecule has 26 aromatic rings. The summed E-state index contributed by atoms with van der Waals surface area (Å²) in [5.41, 5.74) is 36.2. The van der Waals surface area contributed by atoms with Gasteiger partial charge >= 0.3 is 0 Å². The van der Waals surface area contributed by atoms with E-state index in [9.17, 15) is 0 Å². The Labute approximate surface area is 863 Å². The maximum Gasteiger partial charge on any atom is 0.174 e. The molecule has 706 valence electrons. The van der Waals surface area contributed by atoms with E-state index < -0.39 is 21.4 Å². The van der Waals surface area contributed by atoms with Crippen LogP contribution in [-0.4, -0.2) is 13.7 Å². The molecule has 0 N–H and O–H groups in total. The largest absolute Gasteiger partial charge is 0.456 e. The Morgan fingerprint density at radius 2 is 0.510 bits per heavy atom. The van der Waals surface area contributed by atoms with Crippen LogP contribution in [0, 0.1) is 0 Å². The average molecular weight is 1970 g/mol. The second-order valence-electron chi connectivity index (χ2n) is 40.9. The second kappa shape index (κ2) is 33.5. The molecule has 0 saturated heterocycles. The van der Waals surface area contributed by atoms with Gasteiger partial charge in [-0.05, 0) is 209 Å². The molecule has 7 heterocycles. The highest BCUT2D eigenvalue weighted by Gasteiger charge is 2.48. The molecule has 2 aliphatic carbocycles. The fraction of sp³-hybridized carbons (Fsp3) is 0.0435. The first-order chi connectivity index (χ1) is 73.1. The summed E-state index contributed by atoms with van der Waals surface area (Å²) in [6, 6.07) is 177. The zero-order valence-corrected chi connectivity index (χ0v) is 84.9. The van der Waals surface area contributed by atoms with Gasteiger partial charge in [-0.15, -0.1) is 0 Å². The zero-order valence-electron chi connectivity index (χ0n) is 82.2. The Morgan fingerprint density at radius 3 is 0.960 bits per heavy atom. The molecule has 0 spiro atoms. The Morgan fingerprint density at radius 1 is 0.208 bits per heavy atom. The van der Waals surface area contributed by atoms with Crippen LogP contribution in [0.3, 0.4) is 0 Å². The molecule has 31 rings (SSSR count). The average Bonchev–Trinajstić information content (AvgIpc) is 1.53. The first-order valence-electron chi connectivity index (χ1n) is 51.2. The number of hydrogen-bond donors (Lipinski definition) is 0. The molecular weight excluding hydrogens is 1870 g/mol. The minimum Gasteiger partial charge on any atom is -0.456 e. The number of aromatic nitrogens is 3. The zero-order chi connectivity index (χ0) is 99.5. The van der Waals surface area contributed by atoms with Gasteiger partial charge < -0.3 is 36.7 Å². The van der Waals surface area contributed by atoms with Crippen LogP contribution in [0.15, 0.2) is 508 Å². The predicted molar refractivity (Wildman–Crippen MR) is 625 cm³/mol. The molecule has 11 heteroatoms. The fourth-order valence-corrected chi connectivity index (χ4v) is 35.3. The Hall–Kier alpha value is -17.5. The van der Waals surface area contributed by atoms with Crippen molar-refractivity contribution in [3.8, 4) is 95.0 Å². The van der Waals surface area contributed by atoms with E-state index in [-0.39, 0.29) is 10.8 Å².